The van der Waals surface area contributed by atoms with Crippen molar-refractivity contribution in [2.24, 2.45) is 0 Å². The van der Waals surface area contributed by atoms with E-state index in [4.69, 9.17) is 15.9 Å². The molecule has 1 aliphatic heterocycles. The predicted octanol–water partition coefficient (Wildman–Crippen LogP) is 3.82. The molecule has 2 N–H and O–H groups in total. The van der Waals surface area contributed by atoms with E-state index in [0.717, 1.165) is 36.1 Å². The van der Waals surface area contributed by atoms with Crippen LogP contribution in [0.3, 0.4) is 0 Å². The number of carbonyl (C=O) groups is 1. The number of carbonyl (C=O) groups excluding carboxylic acids is 1. The molecule has 28 heavy (non-hydrogen) atoms. The molecular formula is C22H23N3O3. The lowest BCUT2D eigenvalue weighted by atomic mass is 9.90. The minimum absolute atomic E-state index is 0.190. The third-order valence-corrected chi connectivity index (χ3v) is 5.21. The Bertz CT molecular complexity index is 962. The van der Waals surface area contributed by atoms with Crippen LogP contribution in [0.4, 0.5) is 5.69 Å². The number of hydrogen-bond donors (Lipinski definition) is 2. The molecule has 1 fully saturated rings. The molecule has 0 spiro atoms. The van der Waals surface area contributed by atoms with Crippen LogP contribution in [0, 0.1) is 12.3 Å². The number of ether oxygens (including phenoxy) is 2. The minimum Gasteiger partial charge on any atom is -0.344 e. The van der Waals surface area contributed by atoms with Crippen LogP contribution in [-0.4, -0.2) is 29.1 Å². The molecule has 144 valence electrons. The highest BCUT2D eigenvalue weighted by molar-refractivity contribution is 6.03. The average Bonchev–Trinajstić information content (AvgIpc) is 3.39. The molecule has 6 nitrogen and oxygen atoms in total. The second-order valence-corrected chi connectivity index (χ2v) is 7.12. The van der Waals surface area contributed by atoms with Crippen molar-refractivity contribution in [1.29, 1.82) is 0 Å². The summed E-state index contributed by atoms with van der Waals surface area (Å²) in [4.78, 5) is 19.5. The van der Waals surface area contributed by atoms with E-state index < -0.39 is 5.79 Å². The van der Waals surface area contributed by atoms with E-state index in [0.29, 0.717) is 18.9 Å². The topological polar surface area (TPSA) is 76.2 Å². The van der Waals surface area contributed by atoms with Gasteiger partial charge in [-0.3, -0.25) is 4.79 Å². The molecule has 2 heterocycles. The number of rotatable bonds is 4. The van der Waals surface area contributed by atoms with Gasteiger partial charge in [0.1, 0.15) is 5.69 Å². The van der Waals surface area contributed by atoms with E-state index in [1.54, 1.807) is 0 Å². The minimum atomic E-state index is -0.755. The largest absolute Gasteiger partial charge is 0.344 e. The summed E-state index contributed by atoms with van der Waals surface area (Å²) in [6.07, 6.45) is 13.4. The summed E-state index contributed by atoms with van der Waals surface area (Å²) >= 11 is 0. The Morgan fingerprint density at radius 1 is 1.32 bits per heavy atom. The van der Waals surface area contributed by atoms with Gasteiger partial charge >= 0.3 is 0 Å². The van der Waals surface area contributed by atoms with E-state index in [2.05, 4.69) is 33.3 Å². The molecule has 2 aliphatic rings. The molecule has 1 aliphatic carbocycles. The van der Waals surface area contributed by atoms with Crippen molar-refractivity contribution < 1.29 is 14.3 Å². The fraction of sp³-hybridized carbons (Fsp3) is 0.364. The summed E-state index contributed by atoms with van der Waals surface area (Å²) in [5, 5.41) is 2.97. The Balaban J connectivity index is 1.68. The van der Waals surface area contributed by atoms with Crippen LogP contribution in [0.5, 0.6) is 0 Å². The van der Waals surface area contributed by atoms with Gasteiger partial charge in [0.05, 0.1) is 19.4 Å². The lowest BCUT2D eigenvalue weighted by molar-refractivity contribution is -0.149. The molecule has 1 aromatic carbocycles. The van der Waals surface area contributed by atoms with Crippen LogP contribution in [0.15, 0.2) is 30.5 Å². The molecule has 1 aromatic heterocycles. The van der Waals surface area contributed by atoms with Gasteiger partial charge in [0.15, 0.2) is 11.6 Å². The number of hydrogen-bond acceptors (Lipinski definition) is 4. The molecular weight excluding hydrogens is 354 g/mol. The number of nitrogens with zero attached hydrogens (tertiary/aromatic N) is 1. The average molecular weight is 377 g/mol. The number of allylic oxidation sites excluding steroid dienone is 2. The van der Waals surface area contributed by atoms with Gasteiger partial charge in [-0.1, -0.05) is 18.1 Å². The summed E-state index contributed by atoms with van der Waals surface area (Å²) in [6, 6.07) is 5.90. The first-order valence-electron chi connectivity index (χ1n) is 9.54. The summed E-state index contributed by atoms with van der Waals surface area (Å²) in [6.45, 7) is 3.07. The van der Waals surface area contributed by atoms with Crippen LogP contribution >= 0.6 is 0 Å². The highest BCUT2D eigenvalue weighted by Crippen LogP contribution is 2.37. The Hall–Kier alpha value is -2.88. The van der Waals surface area contributed by atoms with Crippen molar-refractivity contribution in [3.8, 4) is 12.3 Å². The smallest absolute Gasteiger partial charge is 0.291 e. The Labute approximate surface area is 164 Å². The number of anilines is 1. The molecule has 2 aromatic rings. The van der Waals surface area contributed by atoms with Crippen molar-refractivity contribution in [2.45, 2.75) is 38.4 Å². The fourth-order valence-electron chi connectivity index (χ4n) is 3.66. The first-order chi connectivity index (χ1) is 13.6. The zero-order chi connectivity index (χ0) is 19.6. The zero-order valence-electron chi connectivity index (χ0n) is 15.9. The molecule has 1 amide bonds. The number of terminal acetylenes is 1. The van der Waals surface area contributed by atoms with Gasteiger partial charge in [-0.2, -0.15) is 0 Å². The molecule has 1 saturated heterocycles. The number of nitrogens with one attached hydrogen (secondary N) is 2. The zero-order valence-corrected chi connectivity index (χ0v) is 15.9. The number of amides is 1. The monoisotopic (exact) mass is 377 g/mol. The summed E-state index contributed by atoms with van der Waals surface area (Å²) < 4.78 is 11.6. The highest BCUT2D eigenvalue weighted by Gasteiger charge is 2.34. The second-order valence-electron chi connectivity index (χ2n) is 7.12. The molecule has 0 saturated carbocycles. The van der Waals surface area contributed by atoms with E-state index in [-0.39, 0.29) is 11.7 Å². The highest BCUT2D eigenvalue weighted by atomic mass is 16.7. The Morgan fingerprint density at radius 2 is 2.14 bits per heavy atom. The molecule has 0 atom stereocenters. The number of aromatic nitrogens is 2. The number of benzene rings is 1. The van der Waals surface area contributed by atoms with Gasteiger partial charge in [-0.15, -0.1) is 6.42 Å². The van der Waals surface area contributed by atoms with E-state index in [1.165, 1.54) is 18.2 Å². The van der Waals surface area contributed by atoms with E-state index in [9.17, 15) is 4.79 Å². The maximum absolute atomic E-state index is 12.6. The summed E-state index contributed by atoms with van der Waals surface area (Å²) in [7, 11) is 0. The van der Waals surface area contributed by atoms with Gasteiger partial charge in [-0.25, -0.2) is 4.98 Å². The van der Waals surface area contributed by atoms with E-state index >= 15 is 0 Å². The third-order valence-electron chi connectivity index (χ3n) is 5.21. The van der Waals surface area contributed by atoms with Crippen molar-refractivity contribution in [3.63, 3.8) is 0 Å². The fourth-order valence-corrected chi connectivity index (χ4v) is 3.66. The summed E-state index contributed by atoms with van der Waals surface area (Å²) in [5.74, 6) is 1.54. The predicted molar refractivity (Wildman–Crippen MR) is 107 cm³/mol. The molecule has 0 bridgehead atoms. The van der Waals surface area contributed by atoms with Gasteiger partial charge in [0.25, 0.3) is 5.91 Å². The van der Waals surface area contributed by atoms with Gasteiger partial charge in [0.2, 0.25) is 0 Å². The van der Waals surface area contributed by atoms with Crippen LogP contribution < -0.4 is 5.32 Å². The number of H-pyrrole nitrogens is 1. The molecule has 0 unspecified atom stereocenters. The van der Waals surface area contributed by atoms with Gasteiger partial charge < -0.3 is 19.8 Å². The first kappa shape index (κ1) is 18.5. The molecule has 0 radical (unpaired) electrons. The first-order valence-corrected chi connectivity index (χ1v) is 9.54. The standard InChI is InChI=1S/C22H23N3O3/c1-3-17-14-23-20(24-17)21(26)25-19-10-9-16(22(2)27-11-12-28-22)13-18(19)15-7-5-4-6-8-15/h1,7,9-10,13-14H,4-6,8,11-12H2,2H3,(H,23,24)(H,25,26). The van der Waals surface area contributed by atoms with Crippen molar-refractivity contribution in [1.82, 2.24) is 9.97 Å². The van der Waals surface area contributed by atoms with Crippen LogP contribution in [0.2, 0.25) is 0 Å². The second kappa shape index (κ2) is 7.63. The van der Waals surface area contributed by atoms with E-state index in [1.807, 2.05) is 19.1 Å². The van der Waals surface area contributed by atoms with Crippen molar-refractivity contribution >= 4 is 17.2 Å². The SMILES string of the molecule is C#Cc1cnc(C(=O)Nc2ccc(C3(C)OCCO3)cc2C2=CCCCC2)[nH]1. The number of imidazole rings is 1. The quantitative estimate of drug-likeness (QED) is 0.794. The normalized spacial score (nSPS) is 18.4. The Kier molecular flexibility index (Phi) is 5.03. The van der Waals surface area contributed by atoms with Crippen LogP contribution in [0.25, 0.3) is 5.57 Å². The lowest BCUT2D eigenvalue weighted by Crippen LogP contribution is -2.23. The van der Waals surface area contributed by atoms with Crippen molar-refractivity contribution in [2.75, 3.05) is 18.5 Å². The third kappa shape index (κ3) is 3.59. The number of aromatic amines is 1. The molecule has 6 heteroatoms. The van der Waals surface area contributed by atoms with Crippen molar-refractivity contribution in [3.05, 3.63) is 53.1 Å². The lowest BCUT2D eigenvalue weighted by Gasteiger charge is -2.25. The molecule has 4 rings (SSSR count). The summed E-state index contributed by atoms with van der Waals surface area (Å²) in [5.41, 5.74) is 4.38. The van der Waals surface area contributed by atoms with Crippen LogP contribution in [0.1, 0.15) is 60.0 Å². The van der Waals surface area contributed by atoms with Gasteiger partial charge in [0, 0.05) is 16.8 Å². The van der Waals surface area contributed by atoms with Gasteiger partial charge in [-0.05, 0) is 50.3 Å². The maximum atomic E-state index is 12.6. The Morgan fingerprint density at radius 3 is 2.82 bits per heavy atom. The maximum Gasteiger partial charge on any atom is 0.291 e. The van der Waals surface area contributed by atoms with Crippen LogP contribution in [-0.2, 0) is 15.3 Å².